The number of guanidine groups is 1. The Kier molecular flexibility index (Phi) is 3.69. The van der Waals surface area contributed by atoms with Crippen molar-refractivity contribution in [2.24, 2.45) is 9.98 Å². The molecule has 0 amide bonds. The van der Waals surface area contributed by atoms with Crippen LogP contribution in [0.1, 0.15) is 6.42 Å². The quantitative estimate of drug-likeness (QED) is 0.816. The Hall–Kier alpha value is -1.95. The Morgan fingerprint density at radius 3 is 2.74 bits per heavy atom. The van der Waals surface area contributed by atoms with Crippen LogP contribution >= 0.6 is 0 Å². The van der Waals surface area contributed by atoms with Gasteiger partial charge in [-0.25, -0.2) is 4.99 Å². The lowest BCUT2D eigenvalue weighted by Gasteiger charge is -2.29. The third-order valence-electron chi connectivity index (χ3n) is 3.10. The van der Waals surface area contributed by atoms with Crippen molar-refractivity contribution in [1.82, 2.24) is 9.88 Å². The molecule has 0 spiro atoms. The van der Waals surface area contributed by atoms with Gasteiger partial charge in [-0.3, -0.25) is 9.98 Å². The van der Waals surface area contributed by atoms with Gasteiger partial charge < -0.3 is 15.0 Å². The van der Waals surface area contributed by atoms with Crippen LogP contribution in [0.3, 0.4) is 0 Å². The number of nitrogens with zero attached hydrogens (tertiary/aromatic N) is 4. The summed E-state index contributed by atoms with van der Waals surface area (Å²) in [6.07, 6.45) is 4.38. The number of hydrogen-bond donors (Lipinski definition) is 1. The number of morpholine rings is 1. The molecule has 6 nitrogen and oxygen atoms in total. The molecule has 1 fully saturated rings. The van der Waals surface area contributed by atoms with Crippen LogP contribution in [0.2, 0.25) is 0 Å². The summed E-state index contributed by atoms with van der Waals surface area (Å²) in [7, 11) is 0. The van der Waals surface area contributed by atoms with Crippen molar-refractivity contribution in [1.29, 1.82) is 0 Å². The number of nitrogens with one attached hydrogen (secondary N) is 1. The maximum Gasteiger partial charge on any atom is 0.222 e. The number of ether oxygens (including phenoxy) is 1. The van der Waals surface area contributed by atoms with Crippen molar-refractivity contribution < 1.29 is 4.74 Å². The van der Waals surface area contributed by atoms with Gasteiger partial charge in [0, 0.05) is 44.1 Å². The van der Waals surface area contributed by atoms with E-state index in [1.165, 1.54) is 0 Å². The van der Waals surface area contributed by atoms with E-state index >= 15 is 0 Å². The number of amidine groups is 1. The molecular formula is C13H17N5O. The monoisotopic (exact) mass is 259 g/mol. The number of hydrogen-bond acceptors (Lipinski definition) is 6. The van der Waals surface area contributed by atoms with E-state index in [2.05, 4.69) is 25.2 Å². The van der Waals surface area contributed by atoms with Crippen LogP contribution in [0.25, 0.3) is 0 Å². The van der Waals surface area contributed by atoms with Crippen molar-refractivity contribution in [2.75, 3.05) is 38.2 Å². The van der Waals surface area contributed by atoms with Gasteiger partial charge in [0.25, 0.3) is 0 Å². The molecule has 0 bridgehead atoms. The molecule has 0 aliphatic carbocycles. The van der Waals surface area contributed by atoms with Crippen LogP contribution in [-0.4, -0.2) is 54.5 Å². The SMILES string of the molecule is c1cc(NC2=NC(N3CCOCC3)=NCC2)ccn1. The van der Waals surface area contributed by atoms with E-state index in [-0.39, 0.29) is 0 Å². The minimum atomic E-state index is 0.752. The van der Waals surface area contributed by atoms with E-state index in [1.54, 1.807) is 12.4 Å². The van der Waals surface area contributed by atoms with Crippen LogP contribution in [0.4, 0.5) is 5.69 Å². The number of anilines is 1. The van der Waals surface area contributed by atoms with Crippen LogP contribution in [0, 0.1) is 0 Å². The van der Waals surface area contributed by atoms with Gasteiger partial charge in [0.15, 0.2) is 0 Å². The van der Waals surface area contributed by atoms with E-state index in [9.17, 15) is 0 Å². The highest BCUT2D eigenvalue weighted by molar-refractivity contribution is 6.04. The molecule has 6 heteroatoms. The van der Waals surface area contributed by atoms with Crippen LogP contribution < -0.4 is 5.32 Å². The average molecular weight is 259 g/mol. The highest BCUT2D eigenvalue weighted by atomic mass is 16.5. The first kappa shape index (κ1) is 12.1. The smallest absolute Gasteiger partial charge is 0.222 e. The molecule has 2 aliphatic heterocycles. The summed E-state index contributed by atoms with van der Waals surface area (Å²) < 4.78 is 5.35. The van der Waals surface area contributed by atoms with Crippen molar-refractivity contribution in [3.63, 3.8) is 0 Å². The summed E-state index contributed by atoms with van der Waals surface area (Å²) >= 11 is 0. The number of pyridine rings is 1. The zero-order valence-electron chi connectivity index (χ0n) is 10.7. The number of aromatic nitrogens is 1. The first-order valence-electron chi connectivity index (χ1n) is 6.53. The number of aliphatic imine (C=N–C) groups is 2. The second-order valence-corrected chi connectivity index (χ2v) is 4.45. The molecule has 1 saturated heterocycles. The topological polar surface area (TPSA) is 62.1 Å². The largest absolute Gasteiger partial charge is 0.378 e. The molecule has 0 radical (unpaired) electrons. The molecule has 0 unspecified atom stereocenters. The van der Waals surface area contributed by atoms with Gasteiger partial charge in [-0.15, -0.1) is 0 Å². The lowest BCUT2D eigenvalue weighted by Crippen LogP contribution is -2.41. The van der Waals surface area contributed by atoms with Gasteiger partial charge in [0.1, 0.15) is 5.84 Å². The highest BCUT2D eigenvalue weighted by Crippen LogP contribution is 2.10. The Bertz CT molecular complexity index is 479. The summed E-state index contributed by atoms with van der Waals surface area (Å²) in [4.78, 5) is 15.3. The number of rotatable bonds is 1. The summed E-state index contributed by atoms with van der Waals surface area (Å²) in [6, 6.07) is 3.87. The molecule has 0 saturated carbocycles. The van der Waals surface area contributed by atoms with E-state index in [0.717, 1.165) is 56.8 Å². The predicted octanol–water partition coefficient (Wildman–Crippen LogP) is 0.984. The third-order valence-corrected chi connectivity index (χ3v) is 3.10. The average Bonchev–Trinajstić information content (AvgIpc) is 2.49. The summed E-state index contributed by atoms with van der Waals surface area (Å²) in [5.74, 6) is 1.79. The standard InChI is InChI=1S/C13H17N5O/c1-4-14-5-2-11(1)16-12-3-6-15-13(17-12)18-7-9-19-10-8-18/h1-2,4-5H,3,6-10H2,(H,14,15,16,17). The van der Waals surface area contributed by atoms with Crippen molar-refractivity contribution in [2.45, 2.75) is 6.42 Å². The molecular weight excluding hydrogens is 242 g/mol. The summed E-state index contributed by atoms with van der Waals surface area (Å²) in [5.41, 5.74) is 1.01. The zero-order chi connectivity index (χ0) is 12.9. The first-order chi connectivity index (χ1) is 9.42. The normalized spacial score (nSPS) is 19.7. The fourth-order valence-electron chi connectivity index (χ4n) is 2.10. The Morgan fingerprint density at radius 2 is 1.95 bits per heavy atom. The summed E-state index contributed by atoms with van der Waals surface area (Å²) in [5, 5.41) is 3.32. The van der Waals surface area contributed by atoms with Crippen LogP contribution in [0.5, 0.6) is 0 Å². The zero-order valence-corrected chi connectivity index (χ0v) is 10.7. The molecule has 3 rings (SSSR count). The maximum absolute atomic E-state index is 5.35. The van der Waals surface area contributed by atoms with Gasteiger partial charge in [0.05, 0.1) is 13.2 Å². The van der Waals surface area contributed by atoms with Crippen molar-refractivity contribution >= 4 is 17.5 Å². The Balaban J connectivity index is 1.69. The minimum Gasteiger partial charge on any atom is -0.378 e. The minimum absolute atomic E-state index is 0.752. The van der Waals surface area contributed by atoms with Crippen LogP contribution in [0.15, 0.2) is 34.5 Å². The van der Waals surface area contributed by atoms with Gasteiger partial charge in [-0.2, -0.15) is 0 Å². The van der Waals surface area contributed by atoms with E-state index in [1.807, 2.05) is 12.1 Å². The second-order valence-electron chi connectivity index (χ2n) is 4.45. The van der Waals surface area contributed by atoms with E-state index in [0.29, 0.717) is 0 Å². The van der Waals surface area contributed by atoms with E-state index < -0.39 is 0 Å². The predicted molar refractivity (Wildman–Crippen MR) is 74.6 cm³/mol. The van der Waals surface area contributed by atoms with Crippen molar-refractivity contribution in [3.8, 4) is 0 Å². The first-order valence-corrected chi connectivity index (χ1v) is 6.53. The fourth-order valence-corrected chi connectivity index (χ4v) is 2.10. The molecule has 1 aromatic rings. The van der Waals surface area contributed by atoms with Gasteiger partial charge in [0.2, 0.25) is 5.96 Å². The fraction of sp³-hybridized carbons (Fsp3) is 0.462. The maximum atomic E-state index is 5.35. The van der Waals surface area contributed by atoms with Crippen LogP contribution in [-0.2, 0) is 4.74 Å². The lowest BCUT2D eigenvalue weighted by molar-refractivity contribution is 0.0674. The molecule has 1 N–H and O–H groups in total. The molecule has 0 atom stereocenters. The molecule has 3 heterocycles. The molecule has 1 aromatic heterocycles. The van der Waals surface area contributed by atoms with E-state index in [4.69, 9.17) is 4.74 Å². The third kappa shape index (κ3) is 3.08. The molecule has 100 valence electrons. The lowest BCUT2D eigenvalue weighted by atomic mass is 10.3. The second kappa shape index (κ2) is 5.79. The Morgan fingerprint density at radius 1 is 1.16 bits per heavy atom. The molecule has 0 aromatic carbocycles. The molecule has 19 heavy (non-hydrogen) atoms. The highest BCUT2D eigenvalue weighted by Gasteiger charge is 2.17. The van der Waals surface area contributed by atoms with Gasteiger partial charge in [-0.05, 0) is 12.1 Å². The molecule has 2 aliphatic rings. The Labute approximate surface area is 112 Å². The van der Waals surface area contributed by atoms with Crippen molar-refractivity contribution in [3.05, 3.63) is 24.5 Å². The van der Waals surface area contributed by atoms with Gasteiger partial charge in [-0.1, -0.05) is 0 Å². The summed E-state index contributed by atoms with van der Waals surface area (Å²) in [6.45, 7) is 4.02. The van der Waals surface area contributed by atoms with Gasteiger partial charge >= 0.3 is 0 Å².